The molecule has 2 atom stereocenters. The van der Waals surface area contributed by atoms with Gasteiger partial charge in [-0.15, -0.1) is 0 Å². The average Bonchev–Trinajstić information content (AvgIpc) is 3.33. The molecule has 0 spiro atoms. The molecule has 0 radical (unpaired) electrons. The number of amides is 2. The number of fused-ring (bicyclic) bond motifs is 2. The number of ether oxygens (including phenoxy) is 1. The molecule has 162 valence electrons. The van der Waals surface area contributed by atoms with Gasteiger partial charge in [0.2, 0.25) is 11.9 Å². The second-order valence-corrected chi connectivity index (χ2v) is 8.14. The van der Waals surface area contributed by atoms with Crippen LogP contribution in [0.2, 0.25) is 0 Å². The van der Waals surface area contributed by atoms with Crippen molar-refractivity contribution in [1.29, 1.82) is 0 Å². The first-order valence-electron chi connectivity index (χ1n) is 10.5. The lowest BCUT2D eigenvalue weighted by molar-refractivity contribution is -0.123. The topological polar surface area (TPSA) is 103 Å². The van der Waals surface area contributed by atoms with Crippen molar-refractivity contribution >= 4 is 23.5 Å². The lowest BCUT2D eigenvalue weighted by atomic mass is 10.1. The number of aliphatic imine (C=N–C) groups is 1. The van der Waals surface area contributed by atoms with E-state index in [0.717, 1.165) is 25.7 Å². The first kappa shape index (κ1) is 20.6. The number of halogens is 1. The minimum atomic E-state index is -0.760. The molecular formula is C21H27FN4O4. The van der Waals surface area contributed by atoms with Crippen LogP contribution >= 0.6 is 0 Å². The Bertz CT molecular complexity index is 869. The third-order valence-corrected chi connectivity index (χ3v) is 5.92. The van der Waals surface area contributed by atoms with Crippen molar-refractivity contribution in [3.63, 3.8) is 0 Å². The second-order valence-electron chi connectivity index (χ2n) is 8.14. The summed E-state index contributed by atoms with van der Waals surface area (Å²) in [6, 6.07) is 2.34. The zero-order chi connectivity index (χ0) is 21.3. The molecule has 0 aromatic heterocycles. The number of hydrogen-bond acceptors (Lipinski definition) is 6. The van der Waals surface area contributed by atoms with Crippen molar-refractivity contribution in [1.82, 2.24) is 15.5 Å². The Morgan fingerprint density at radius 1 is 1.43 bits per heavy atom. The van der Waals surface area contributed by atoms with Gasteiger partial charge in [-0.1, -0.05) is 12.8 Å². The quantitative estimate of drug-likeness (QED) is 0.626. The van der Waals surface area contributed by atoms with Crippen LogP contribution in [0.3, 0.4) is 0 Å². The van der Waals surface area contributed by atoms with Crippen LogP contribution in [-0.2, 0) is 16.1 Å². The summed E-state index contributed by atoms with van der Waals surface area (Å²) in [5, 5.41) is 15.2. The summed E-state index contributed by atoms with van der Waals surface area (Å²) in [5.74, 6) is -0.437. The molecule has 2 amide bonds. The molecule has 8 nitrogen and oxygen atoms in total. The molecule has 3 aliphatic rings. The van der Waals surface area contributed by atoms with Gasteiger partial charge in [0.05, 0.1) is 24.9 Å². The van der Waals surface area contributed by atoms with Crippen LogP contribution in [0.25, 0.3) is 0 Å². The number of aliphatic hydroxyl groups excluding tert-OH is 1. The van der Waals surface area contributed by atoms with Crippen molar-refractivity contribution in [2.75, 3.05) is 6.61 Å². The Balaban J connectivity index is 1.42. The zero-order valence-corrected chi connectivity index (χ0v) is 17.0. The minimum Gasteiger partial charge on any atom is -0.487 e. The van der Waals surface area contributed by atoms with E-state index in [1.54, 1.807) is 17.9 Å². The Morgan fingerprint density at radius 2 is 2.20 bits per heavy atom. The number of carbonyl (C=O) groups excluding carboxylic acids is 2. The van der Waals surface area contributed by atoms with Crippen molar-refractivity contribution < 1.29 is 23.8 Å². The Morgan fingerprint density at radius 3 is 2.93 bits per heavy atom. The van der Waals surface area contributed by atoms with Gasteiger partial charge in [-0.25, -0.2) is 9.38 Å². The van der Waals surface area contributed by atoms with Gasteiger partial charge in [0.25, 0.3) is 5.91 Å². The molecule has 3 N–H and O–H groups in total. The van der Waals surface area contributed by atoms with Crippen LogP contribution in [0.4, 0.5) is 10.1 Å². The highest BCUT2D eigenvalue weighted by Crippen LogP contribution is 2.37. The fourth-order valence-corrected chi connectivity index (χ4v) is 4.24. The van der Waals surface area contributed by atoms with Crippen molar-refractivity contribution in [2.24, 2.45) is 4.99 Å². The van der Waals surface area contributed by atoms with Gasteiger partial charge >= 0.3 is 0 Å². The van der Waals surface area contributed by atoms with Gasteiger partial charge in [0.15, 0.2) is 11.6 Å². The largest absolute Gasteiger partial charge is 0.487 e. The summed E-state index contributed by atoms with van der Waals surface area (Å²) in [4.78, 5) is 30.1. The molecule has 1 saturated carbocycles. The second kappa shape index (κ2) is 8.59. The Labute approximate surface area is 174 Å². The highest BCUT2D eigenvalue weighted by molar-refractivity contribution is 6.07. The molecule has 1 aromatic rings. The minimum absolute atomic E-state index is 0.00500. The first-order chi connectivity index (χ1) is 14.5. The molecule has 9 heteroatoms. The number of benzene rings is 1. The van der Waals surface area contributed by atoms with Gasteiger partial charge in [-0.05, 0) is 38.3 Å². The molecule has 1 aromatic carbocycles. The van der Waals surface area contributed by atoms with E-state index in [1.807, 2.05) is 0 Å². The van der Waals surface area contributed by atoms with Crippen LogP contribution in [0.1, 0.15) is 51.0 Å². The van der Waals surface area contributed by atoms with Crippen LogP contribution in [0, 0.1) is 5.82 Å². The first-order valence-corrected chi connectivity index (χ1v) is 10.5. The van der Waals surface area contributed by atoms with E-state index in [1.165, 1.54) is 6.07 Å². The lowest BCUT2D eigenvalue weighted by Crippen LogP contribution is -2.39. The fraction of sp³-hybridized carbons (Fsp3) is 0.571. The van der Waals surface area contributed by atoms with Crippen LogP contribution in [0.5, 0.6) is 5.75 Å². The normalized spacial score (nSPS) is 21.6. The maximum atomic E-state index is 14.6. The van der Waals surface area contributed by atoms with E-state index >= 15 is 0 Å². The van der Waals surface area contributed by atoms with E-state index in [0.29, 0.717) is 30.1 Å². The van der Waals surface area contributed by atoms with Crippen molar-refractivity contribution in [3.05, 3.63) is 23.5 Å². The van der Waals surface area contributed by atoms with E-state index < -0.39 is 11.9 Å². The molecule has 4 rings (SSSR count). The lowest BCUT2D eigenvalue weighted by Gasteiger charge is -2.29. The van der Waals surface area contributed by atoms with E-state index in [9.17, 15) is 19.1 Å². The molecular weight excluding hydrogens is 391 g/mol. The van der Waals surface area contributed by atoms with Gasteiger partial charge in [-0.3, -0.25) is 14.9 Å². The summed E-state index contributed by atoms with van der Waals surface area (Å²) < 4.78 is 20.5. The van der Waals surface area contributed by atoms with E-state index in [4.69, 9.17) is 4.74 Å². The molecule has 2 fully saturated rings. The highest BCUT2D eigenvalue weighted by Gasteiger charge is 2.39. The Kier molecular flexibility index (Phi) is 5.90. The highest BCUT2D eigenvalue weighted by atomic mass is 19.1. The predicted octanol–water partition coefficient (Wildman–Crippen LogP) is 1.73. The molecule has 2 heterocycles. The summed E-state index contributed by atoms with van der Waals surface area (Å²) in [5.41, 5.74) is 1.04. The number of rotatable bonds is 7. The van der Waals surface area contributed by atoms with Gasteiger partial charge in [-0.2, -0.15) is 0 Å². The maximum absolute atomic E-state index is 14.6. The maximum Gasteiger partial charge on any atom is 0.251 e. The number of guanidine groups is 1. The van der Waals surface area contributed by atoms with Gasteiger partial charge < -0.3 is 20.1 Å². The number of nitrogens with zero attached hydrogens (tertiary/aromatic N) is 2. The SMILES string of the molecule is CC(CCC(=O)NC1CCCC1)Oc1c(F)ccc2c1CN1C(=N2)NC(=O)C1CO. The molecule has 0 bridgehead atoms. The number of hydrogen-bond donors (Lipinski definition) is 3. The summed E-state index contributed by atoms with van der Waals surface area (Å²) >= 11 is 0. The van der Waals surface area contributed by atoms with Gasteiger partial charge in [0.1, 0.15) is 6.04 Å². The summed E-state index contributed by atoms with van der Waals surface area (Å²) in [6.45, 7) is 1.63. The number of nitrogens with one attached hydrogen (secondary N) is 2. The van der Waals surface area contributed by atoms with Crippen LogP contribution in [0.15, 0.2) is 17.1 Å². The van der Waals surface area contributed by atoms with E-state index in [2.05, 4.69) is 15.6 Å². The van der Waals surface area contributed by atoms with Crippen LogP contribution in [-0.4, -0.2) is 52.6 Å². The molecule has 1 aliphatic carbocycles. The third kappa shape index (κ3) is 4.12. The van der Waals surface area contributed by atoms with Gasteiger partial charge in [0, 0.05) is 18.0 Å². The monoisotopic (exact) mass is 418 g/mol. The number of aliphatic hydroxyl groups is 1. The number of carbonyl (C=O) groups is 2. The van der Waals surface area contributed by atoms with Crippen LogP contribution < -0.4 is 15.4 Å². The average molecular weight is 418 g/mol. The fourth-order valence-electron chi connectivity index (χ4n) is 4.24. The molecule has 30 heavy (non-hydrogen) atoms. The Hall–Kier alpha value is -2.68. The molecule has 1 saturated heterocycles. The third-order valence-electron chi connectivity index (χ3n) is 5.92. The molecule has 2 unspecified atom stereocenters. The van der Waals surface area contributed by atoms with Crippen molar-refractivity contribution in [2.45, 2.75) is 70.2 Å². The standard InChI is InChI=1S/C21H27FN4O4/c1-12(6-9-18(28)23-13-4-2-3-5-13)30-19-14-10-26-17(11-27)20(29)25-21(26)24-16(14)8-7-15(19)22/h7-8,12-13,17,27H,2-6,9-11H2,1H3,(H,23,28)(H,24,25,29). The van der Waals surface area contributed by atoms with E-state index in [-0.39, 0.29) is 42.9 Å². The summed E-state index contributed by atoms with van der Waals surface area (Å²) in [6.07, 6.45) is 4.77. The predicted molar refractivity (Wildman–Crippen MR) is 108 cm³/mol. The summed E-state index contributed by atoms with van der Waals surface area (Å²) in [7, 11) is 0. The molecule has 2 aliphatic heterocycles. The zero-order valence-electron chi connectivity index (χ0n) is 17.0. The smallest absolute Gasteiger partial charge is 0.251 e. The van der Waals surface area contributed by atoms with Crippen molar-refractivity contribution in [3.8, 4) is 5.75 Å².